The fourth-order valence-corrected chi connectivity index (χ4v) is 2.31. The molecule has 0 spiro atoms. The largest absolute Gasteiger partial charge is 0.320 e. The molecule has 0 radical (unpaired) electrons. The zero-order valence-corrected chi connectivity index (χ0v) is 10.9. The number of likely N-dealkylation sites (N-methyl/N-ethyl adjacent to an activating group) is 1. The van der Waals surface area contributed by atoms with E-state index in [0.29, 0.717) is 0 Å². The minimum atomic E-state index is 0.111. The third-order valence-electron chi connectivity index (χ3n) is 3.44. The van der Waals surface area contributed by atoms with Crippen LogP contribution >= 0.6 is 0 Å². The second-order valence-electron chi connectivity index (χ2n) is 4.86. The van der Waals surface area contributed by atoms with Gasteiger partial charge in [0.1, 0.15) is 5.54 Å². The van der Waals surface area contributed by atoms with Crippen LogP contribution in [0.5, 0.6) is 0 Å². The Labute approximate surface area is 101 Å². The molecule has 0 aromatic heterocycles. The van der Waals surface area contributed by atoms with Crippen molar-refractivity contribution in [3.05, 3.63) is 50.6 Å². The monoisotopic (exact) mass is 220 g/mol. The van der Waals surface area contributed by atoms with E-state index in [1.165, 1.54) is 0 Å². The predicted molar refractivity (Wildman–Crippen MR) is 74.3 cm³/mol. The molecule has 1 heteroatoms. The van der Waals surface area contributed by atoms with E-state index in [1.807, 2.05) is 24.3 Å². The van der Waals surface area contributed by atoms with E-state index in [1.54, 1.807) is 0 Å². The van der Waals surface area contributed by atoms with E-state index in [2.05, 4.69) is 40.4 Å². The number of quaternary nitrogens is 1. The van der Waals surface area contributed by atoms with Crippen LogP contribution in [0.15, 0.2) is 50.6 Å². The summed E-state index contributed by atoms with van der Waals surface area (Å²) >= 11 is 0. The van der Waals surface area contributed by atoms with Gasteiger partial charge in [0.25, 0.3) is 0 Å². The van der Waals surface area contributed by atoms with Gasteiger partial charge in [0.15, 0.2) is 0 Å². The third-order valence-corrected chi connectivity index (χ3v) is 3.44. The molecule has 16 heavy (non-hydrogen) atoms. The molecule has 0 saturated heterocycles. The highest BCUT2D eigenvalue weighted by Gasteiger charge is 2.41. The zero-order chi connectivity index (χ0) is 12.7. The van der Waals surface area contributed by atoms with Gasteiger partial charge in [-0.15, -0.1) is 19.7 Å². The Morgan fingerprint density at radius 1 is 0.812 bits per heavy atom. The van der Waals surface area contributed by atoms with Crippen LogP contribution in [-0.4, -0.2) is 30.7 Å². The SMILES string of the molecule is C=CCC(CC=C)(CC=C)[N+](C)(C)CC=C. The summed E-state index contributed by atoms with van der Waals surface area (Å²) in [6.07, 6.45) is 10.9. The fourth-order valence-electron chi connectivity index (χ4n) is 2.31. The fraction of sp³-hybridized carbons (Fsp3) is 0.467. The molecular weight excluding hydrogens is 194 g/mol. The lowest BCUT2D eigenvalue weighted by atomic mass is 9.83. The summed E-state index contributed by atoms with van der Waals surface area (Å²) in [6.45, 7) is 16.4. The molecule has 0 heterocycles. The average molecular weight is 220 g/mol. The second-order valence-corrected chi connectivity index (χ2v) is 4.86. The van der Waals surface area contributed by atoms with Crippen LogP contribution in [0.1, 0.15) is 19.3 Å². The van der Waals surface area contributed by atoms with Crippen LogP contribution in [0.4, 0.5) is 0 Å². The Kier molecular flexibility index (Phi) is 6.05. The number of nitrogens with zero attached hydrogens (tertiary/aromatic N) is 1. The van der Waals surface area contributed by atoms with Gasteiger partial charge in [-0.3, -0.25) is 0 Å². The standard InChI is InChI=1S/C15H26N/c1-7-11-15(12-8-2,13-9-3)16(5,6)14-10-4/h7-10H,1-4,11-14H2,5-6H3/q+1. The molecule has 0 rings (SSSR count). The van der Waals surface area contributed by atoms with Crippen molar-refractivity contribution in [1.29, 1.82) is 0 Å². The maximum atomic E-state index is 3.88. The van der Waals surface area contributed by atoms with Gasteiger partial charge in [-0.2, -0.15) is 0 Å². The van der Waals surface area contributed by atoms with Crippen LogP contribution in [0.3, 0.4) is 0 Å². The summed E-state index contributed by atoms with van der Waals surface area (Å²) in [5, 5.41) is 0. The molecule has 0 aliphatic rings. The molecule has 0 amide bonds. The molecule has 0 N–H and O–H groups in total. The van der Waals surface area contributed by atoms with Crippen molar-refractivity contribution in [2.45, 2.75) is 24.8 Å². The lowest BCUT2D eigenvalue weighted by Gasteiger charge is -2.47. The minimum Gasteiger partial charge on any atom is -0.320 e. The maximum absolute atomic E-state index is 3.88. The number of rotatable bonds is 9. The Morgan fingerprint density at radius 3 is 1.44 bits per heavy atom. The normalized spacial score (nSPS) is 11.9. The molecular formula is C15H26N+. The van der Waals surface area contributed by atoms with Crippen molar-refractivity contribution >= 4 is 0 Å². The van der Waals surface area contributed by atoms with Crippen molar-refractivity contribution in [3.8, 4) is 0 Å². The Bertz CT molecular complexity index is 234. The van der Waals surface area contributed by atoms with Crippen molar-refractivity contribution < 1.29 is 4.48 Å². The Hall–Kier alpha value is -1.08. The summed E-state index contributed by atoms with van der Waals surface area (Å²) in [5.41, 5.74) is 0.111. The first-order valence-corrected chi connectivity index (χ1v) is 5.76. The highest BCUT2D eigenvalue weighted by atomic mass is 15.4. The van der Waals surface area contributed by atoms with Gasteiger partial charge in [0, 0.05) is 19.3 Å². The third kappa shape index (κ3) is 3.21. The van der Waals surface area contributed by atoms with Crippen LogP contribution in [0.2, 0.25) is 0 Å². The molecule has 0 unspecified atom stereocenters. The minimum absolute atomic E-state index is 0.111. The lowest BCUT2D eigenvalue weighted by molar-refractivity contribution is -0.936. The van der Waals surface area contributed by atoms with Crippen LogP contribution in [0.25, 0.3) is 0 Å². The zero-order valence-electron chi connectivity index (χ0n) is 10.9. The van der Waals surface area contributed by atoms with E-state index in [9.17, 15) is 0 Å². The lowest BCUT2D eigenvalue weighted by Crippen LogP contribution is -2.59. The first-order chi connectivity index (χ1) is 7.49. The molecule has 0 fully saturated rings. The van der Waals surface area contributed by atoms with Crippen LogP contribution < -0.4 is 0 Å². The second kappa shape index (κ2) is 6.49. The molecule has 90 valence electrons. The van der Waals surface area contributed by atoms with Gasteiger partial charge in [0.05, 0.1) is 20.6 Å². The van der Waals surface area contributed by atoms with Gasteiger partial charge in [-0.05, 0) is 6.08 Å². The van der Waals surface area contributed by atoms with E-state index in [0.717, 1.165) is 30.3 Å². The number of hydrogen-bond donors (Lipinski definition) is 0. The smallest absolute Gasteiger partial charge is 0.109 e. The summed E-state index contributed by atoms with van der Waals surface area (Å²) in [7, 11) is 4.47. The highest BCUT2D eigenvalue weighted by Crippen LogP contribution is 2.33. The van der Waals surface area contributed by atoms with E-state index in [-0.39, 0.29) is 5.54 Å². The van der Waals surface area contributed by atoms with Gasteiger partial charge >= 0.3 is 0 Å². The van der Waals surface area contributed by atoms with E-state index >= 15 is 0 Å². The topological polar surface area (TPSA) is 0 Å². The quantitative estimate of drug-likeness (QED) is 0.410. The van der Waals surface area contributed by atoms with Crippen molar-refractivity contribution in [2.24, 2.45) is 0 Å². The molecule has 0 aliphatic carbocycles. The molecule has 1 nitrogen and oxygen atoms in total. The Morgan fingerprint density at radius 2 is 1.19 bits per heavy atom. The van der Waals surface area contributed by atoms with E-state index in [4.69, 9.17) is 0 Å². The summed E-state index contributed by atoms with van der Waals surface area (Å²) < 4.78 is 0.889. The summed E-state index contributed by atoms with van der Waals surface area (Å²) in [4.78, 5) is 0. The first-order valence-electron chi connectivity index (χ1n) is 5.76. The molecule has 0 bridgehead atoms. The summed E-state index contributed by atoms with van der Waals surface area (Å²) in [5.74, 6) is 0. The molecule has 0 saturated carbocycles. The van der Waals surface area contributed by atoms with Gasteiger partial charge < -0.3 is 4.48 Å². The Balaban J connectivity index is 5.25. The van der Waals surface area contributed by atoms with Gasteiger partial charge in [-0.1, -0.05) is 24.8 Å². The van der Waals surface area contributed by atoms with Crippen LogP contribution in [-0.2, 0) is 0 Å². The maximum Gasteiger partial charge on any atom is 0.109 e. The molecule has 0 atom stereocenters. The van der Waals surface area contributed by atoms with E-state index < -0.39 is 0 Å². The van der Waals surface area contributed by atoms with Crippen molar-refractivity contribution in [3.63, 3.8) is 0 Å². The molecule has 0 aromatic carbocycles. The van der Waals surface area contributed by atoms with Crippen molar-refractivity contribution in [1.82, 2.24) is 0 Å². The van der Waals surface area contributed by atoms with Crippen molar-refractivity contribution in [2.75, 3.05) is 20.6 Å². The summed E-state index contributed by atoms with van der Waals surface area (Å²) in [6, 6.07) is 0. The predicted octanol–water partition coefficient (Wildman–Crippen LogP) is 3.72. The number of hydrogen-bond acceptors (Lipinski definition) is 0. The van der Waals surface area contributed by atoms with Gasteiger partial charge in [-0.25, -0.2) is 0 Å². The molecule has 0 aromatic rings. The first kappa shape index (κ1) is 14.9. The van der Waals surface area contributed by atoms with Crippen LogP contribution in [0, 0.1) is 0 Å². The van der Waals surface area contributed by atoms with Gasteiger partial charge in [0.2, 0.25) is 0 Å². The molecule has 0 aliphatic heterocycles. The average Bonchev–Trinajstić information content (AvgIpc) is 2.18. The highest BCUT2D eigenvalue weighted by molar-refractivity contribution is 4.98.